The predicted molar refractivity (Wildman–Crippen MR) is 121 cm³/mol. The van der Waals surface area contributed by atoms with E-state index in [1.54, 1.807) is 0 Å². The zero-order valence-corrected chi connectivity index (χ0v) is 18.2. The van der Waals surface area contributed by atoms with Crippen LogP contribution < -0.4 is 14.7 Å². The molecule has 0 fully saturated rings. The van der Waals surface area contributed by atoms with Crippen molar-refractivity contribution < 1.29 is 0 Å². The van der Waals surface area contributed by atoms with Crippen LogP contribution in [0.2, 0.25) is 0 Å². The van der Waals surface area contributed by atoms with Gasteiger partial charge in [0, 0.05) is 76.4 Å². The van der Waals surface area contributed by atoms with E-state index in [4.69, 9.17) is 15.0 Å². The van der Waals surface area contributed by atoms with Crippen LogP contribution in [0.3, 0.4) is 0 Å². The fourth-order valence-corrected chi connectivity index (χ4v) is 4.93. The highest BCUT2D eigenvalue weighted by Crippen LogP contribution is 2.33. The standard InChI is InChI=1S/C21H24N12/c1-7-28-13-4-22-19(28)31(10-1)16-25-17(32-11-2-8-29-14-5-23-20(29)32)27-18(26-16)33-12-3-9-30-15-6-24-21(30)33/h4-6,13-15H,1-3,7-12H2. The van der Waals surface area contributed by atoms with Gasteiger partial charge in [0.1, 0.15) is 0 Å². The zero-order valence-electron chi connectivity index (χ0n) is 18.2. The Hall–Kier alpha value is -3.96. The van der Waals surface area contributed by atoms with Crippen molar-refractivity contribution in [3.63, 3.8) is 0 Å². The first kappa shape index (κ1) is 18.6. The first-order valence-corrected chi connectivity index (χ1v) is 11.5. The van der Waals surface area contributed by atoms with Crippen LogP contribution in [0.5, 0.6) is 0 Å². The fourth-order valence-electron chi connectivity index (χ4n) is 4.93. The van der Waals surface area contributed by atoms with Crippen LogP contribution in [0.1, 0.15) is 19.3 Å². The van der Waals surface area contributed by atoms with Gasteiger partial charge in [-0.25, -0.2) is 15.0 Å². The summed E-state index contributed by atoms with van der Waals surface area (Å²) in [7, 11) is 0. The lowest BCUT2D eigenvalue weighted by atomic mass is 10.3. The molecule has 0 saturated carbocycles. The third-order valence-electron chi connectivity index (χ3n) is 6.47. The molecule has 0 unspecified atom stereocenters. The molecule has 0 spiro atoms. The highest BCUT2D eigenvalue weighted by Gasteiger charge is 2.30. The Morgan fingerprint density at radius 2 is 0.788 bits per heavy atom. The van der Waals surface area contributed by atoms with Crippen molar-refractivity contribution in [1.29, 1.82) is 0 Å². The summed E-state index contributed by atoms with van der Waals surface area (Å²) in [6.07, 6.45) is 14.5. The maximum atomic E-state index is 4.95. The van der Waals surface area contributed by atoms with Gasteiger partial charge < -0.3 is 13.7 Å². The number of fused-ring (bicyclic) bond motifs is 3. The van der Waals surface area contributed by atoms with Crippen molar-refractivity contribution in [1.82, 2.24) is 43.6 Å². The predicted octanol–water partition coefficient (Wildman–Crippen LogP) is 2.09. The van der Waals surface area contributed by atoms with Crippen molar-refractivity contribution >= 4 is 35.7 Å². The molecular weight excluding hydrogens is 420 g/mol. The molecule has 3 aliphatic rings. The van der Waals surface area contributed by atoms with Crippen LogP contribution in [0.25, 0.3) is 0 Å². The summed E-state index contributed by atoms with van der Waals surface area (Å²) in [6.45, 7) is 5.27. The van der Waals surface area contributed by atoms with E-state index < -0.39 is 0 Å². The van der Waals surface area contributed by atoms with E-state index in [-0.39, 0.29) is 0 Å². The molecule has 0 aliphatic carbocycles. The average Bonchev–Trinajstić information content (AvgIpc) is 3.63. The lowest BCUT2D eigenvalue weighted by molar-refractivity contribution is 0.570. The number of nitrogens with zero attached hydrogens (tertiary/aromatic N) is 12. The van der Waals surface area contributed by atoms with Crippen LogP contribution in [-0.4, -0.2) is 63.2 Å². The molecular formula is C21H24N12. The maximum Gasteiger partial charge on any atom is 0.238 e. The number of rotatable bonds is 3. The highest BCUT2D eigenvalue weighted by atomic mass is 15.5. The van der Waals surface area contributed by atoms with Gasteiger partial charge in [0.15, 0.2) is 0 Å². The summed E-state index contributed by atoms with van der Waals surface area (Å²) in [5, 5.41) is 0. The van der Waals surface area contributed by atoms with Gasteiger partial charge in [0.2, 0.25) is 35.7 Å². The van der Waals surface area contributed by atoms with E-state index in [1.807, 2.05) is 37.2 Å². The minimum absolute atomic E-state index is 0.606. The molecule has 12 heteroatoms. The monoisotopic (exact) mass is 444 g/mol. The van der Waals surface area contributed by atoms with Crippen molar-refractivity contribution in [2.75, 3.05) is 34.3 Å². The summed E-state index contributed by atoms with van der Waals surface area (Å²) in [5.41, 5.74) is 0. The molecule has 0 aromatic carbocycles. The van der Waals surface area contributed by atoms with Crippen LogP contribution in [0, 0.1) is 0 Å². The van der Waals surface area contributed by atoms with E-state index in [0.29, 0.717) is 17.8 Å². The van der Waals surface area contributed by atoms with E-state index in [9.17, 15) is 0 Å². The van der Waals surface area contributed by atoms with E-state index in [0.717, 1.165) is 76.4 Å². The summed E-state index contributed by atoms with van der Waals surface area (Å²) in [6, 6.07) is 0. The Labute approximate surface area is 190 Å². The molecule has 0 radical (unpaired) electrons. The van der Waals surface area contributed by atoms with Crippen LogP contribution in [0.15, 0.2) is 37.2 Å². The number of hydrogen-bond acceptors (Lipinski definition) is 9. The van der Waals surface area contributed by atoms with Crippen LogP contribution >= 0.6 is 0 Å². The second kappa shape index (κ2) is 7.29. The van der Waals surface area contributed by atoms with E-state index in [1.165, 1.54) is 0 Å². The molecule has 0 saturated heterocycles. The molecule has 4 aromatic heterocycles. The zero-order chi connectivity index (χ0) is 21.8. The largest absolute Gasteiger partial charge is 0.317 e. The van der Waals surface area contributed by atoms with Crippen LogP contribution in [-0.2, 0) is 19.6 Å². The Morgan fingerprint density at radius 1 is 0.455 bits per heavy atom. The smallest absolute Gasteiger partial charge is 0.238 e. The Kier molecular flexibility index (Phi) is 4.11. The van der Waals surface area contributed by atoms with Gasteiger partial charge in [-0.2, -0.15) is 15.0 Å². The van der Waals surface area contributed by atoms with Gasteiger partial charge >= 0.3 is 0 Å². The molecule has 0 amide bonds. The maximum absolute atomic E-state index is 4.95. The first-order chi connectivity index (χ1) is 16.3. The molecule has 12 nitrogen and oxygen atoms in total. The van der Waals surface area contributed by atoms with Gasteiger partial charge in [-0.05, 0) is 19.3 Å². The number of aryl methyl sites for hydroxylation is 3. The lowest BCUT2D eigenvalue weighted by Crippen LogP contribution is -2.35. The molecule has 0 N–H and O–H groups in total. The molecule has 0 bridgehead atoms. The molecule has 7 rings (SSSR count). The van der Waals surface area contributed by atoms with Crippen molar-refractivity contribution in [2.45, 2.75) is 38.9 Å². The van der Waals surface area contributed by atoms with Gasteiger partial charge in [-0.1, -0.05) is 0 Å². The summed E-state index contributed by atoms with van der Waals surface area (Å²) in [4.78, 5) is 34.8. The summed E-state index contributed by atoms with van der Waals surface area (Å²) >= 11 is 0. The number of aromatic nitrogens is 9. The highest BCUT2D eigenvalue weighted by molar-refractivity contribution is 5.61. The van der Waals surface area contributed by atoms with E-state index in [2.05, 4.69) is 43.4 Å². The third kappa shape index (κ3) is 2.97. The quantitative estimate of drug-likeness (QED) is 0.470. The van der Waals surface area contributed by atoms with Crippen molar-refractivity contribution in [2.24, 2.45) is 0 Å². The number of imidazole rings is 3. The SMILES string of the molecule is c1cn2c(n1)N(c1nc(N3CCCn4ccnc43)nc(N3CCCn4ccnc43)n1)CCC2. The second-order valence-electron chi connectivity index (χ2n) is 8.51. The average molecular weight is 445 g/mol. The molecule has 3 aliphatic heterocycles. The number of hydrogen-bond donors (Lipinski definition) is 0. The third-order valence-corrected chi connectivity index (χ3v) is 6.47. The van der Waals surface area contributed by atoms with Gasteiger partial charge in [-0.3, -0.25) is 14.7 Å². The molecule has 33 heavy (non-hydrogen) atoms. The Morgan fingerprint density at radius 3 is 1.12 bits per heavy atom. The van der Waals surface area contributed by atoms with Crippen molar-refractivity contribution in [3.05, 3.63) is 37.2 Å². The first-order valence-electron chi connectivity index (χ1n) is 11.5. The van der Waals surface area contributed by atoms with Gasteiger partial charge in [-0.15, -0.1) is 0 Å². The lowest BCUT2D eigenvalue weighted by Gasteiger charge is -2.32. The fraction of sp³-hybridized carbons (Fsp3) is 0.429. The normalized spacial score (nSPS) is 17.6. The summed E-state index contributed by atoms with van der Waals surface area (Å²) in [5.74, 6) is 4.41. The topological polar surface area (TPSA) is 102 Å². The number of anilines is 6. The van der Waals surface area contributed by atoms with Gasteiger partial charge in [0.25, 0.3) is 0 Å². The van der Waals surface area contributed by atoms with Crippen molar-refractivity contribution in [3.8, 4) is 0 Å². The molecule has 0 atom stereocenters. The second-order valence-corrected chi connectivity index (χ2v) is 8.51. The van der Waals surface area contributed by atoms with Gasteiger partial charge in [0.05, 0.1) is 0 Å². The Bertz CT molecular complexity index is 1130. The van der Waals surface area contributed by atoms with E-state index >= 15 is 0 Å². The summed E-state index contributed by atoms with van der Waals surface area (Å²) < 4.78 is 6.44. The molecule has 168 valence electrons. The Balaban J connectivity index is 1.38. The van der Waals surface area contributed by atoms with Crippen LogP contribution in [0.4, 0.5) is 35.7 Å². The molecule has 4 aromatic rings. The minimum Gasteiger partial charge on any atom is -0.317 e. The minimum atomic E-state index is 0.606. The molecule has 7 heterocycles.